The van der Waals surface area contributed by atoms with Crippen molar-refractivity contribution in [2.24, 2.45) is 0 Å². The minimum Gasteiger partial charge on any atom is -0.394 e. The smallest absolute Gasteiger partial charge is 0.273 e. The number of rotatable bonds is 3. The average molecular weight is 250 g/mol. The van der Waals surface area contributed by atoms with Gasteiger partial charge in [-0.3, -0.25) is 9.69 Å². The maximum absolute atomic E-state index is 11.9. The van der Waals surface area contributed by atoms with Gasteiger partial charge in [-0.05, 0) is 25.6 Å². The molecule has 0 aromatic carbocycles. The Balaban J connectivity index is 1.96. The van der Waals surface area contributed by atoms with Gasteiger partial charge < -0.3 is 15.2 Å². The molecule has 0 unspecified atom stereocenters. The lowest BCUT2D eigenvalue weighted by atomic mass is 10.3. The average Bonchev–Trinajstić information content (AvgIpc) is 2.34. The van der Waals surface area contributed by atoms with E-state index in [2.05, 4.69) is 16.8 Å². The summed E-state index contributed by atoms with van der Waals surface area (Å²) in [6, 6.07) is 1.73. The highest BCUT2D eigenvalue weighted by atomic mass is 16.1. The number of nitrogens with two attached hydrogens (primary N) is 1. The summed E-state index contributed by atoms with van der Waals surface area (Å²) in [6.45, 7) is 7.95. The van der Waals surface area contributed by atoms with E-state index in [1.807, 2.05) is 13.1 Å². The van der Waals surface area contributed by atoms with Gasteiger partial charge in [-0.15, -0.1) is 0 Å². The van der Waals surface area contributed by atoms with Crippen LogP contribution in [-0.2, 0) is 6.54 Å². The SMILES string of the molecule is Cc1cc(N)c(=O)n(CCN2CCN(C)CC2)c1. The Bertz CT molecular complexity index is 461. The molecule has 100 valence electrons. The molecule has 2 heterocycles. The van der Waals surface area contributed by atoms with Gasteiger partial charge in [0.25, 0.3) is 5.56 Å². The summed E-state index contributed by atoms with van der Waals surface area (Å²) in [4.78, 5) is 16.6. The minimum absolute atomic E-state index is 0.0743. The van der Waals surface area contributed by atoms with Crippen molar-refractivity contribution in [2.75, 3.05) is 45.5 Å². The molecule has 0 saturated carbocycles. The molecule has 0 aliphatic carbocycles. The van der Waals surface area contributed by atoms with Gasteiger partial charge in [0.05, 0.1) is 5.69 Å². The number of aryl methyl sites for hydroxylation is 1. The number of piperazine rings is 1. The Morgan fingerprint density at radius 1 is 1.22 bits per heavy atom. The third-order valence-corrected chi connectivity index (χ3v) is 3.50. The van der Waals surface area contributed by atoms with E-state index in [0.717, 1.165) is 38.3 Å². The minimum atomic E-state index is -0.0743. The van der Waals surface area contributed by atoms with Crippen LogP contribution in [0.5, 0.6) is 0 Å². The number of nitrogen functional groups attached to an aromatic ring is 1. The van der Waals surface area contributed by atoms with E-state index in [1.165, 1.54) is 0 Å². The standard InChI is InChI=1S/C13H22N4O/c1-11-9-12(14)13(18)17(10-11)8-7-16-5-3-15(2)4-6-16/h9-10H,3-8,14H2,1-2H3. The van der Waals surface area contributed by atoms with Crippen molar-refractivity contribution < 1.29 is 0 Å². The van der Waals surface area contributed by atoms with Gasteiger partial charge in [-0.2, -0.15) is 0 Å². The van der Waals surface area contributed by atoms with Crippen molar-refractivity contribution in [2.45, 2.75) is 13.5 Å². The van der Waals surface area contributed by atoms with Gasteiger partial charge in [0.2, 0.25) is 0 Å². The molecule has 0 atom stereocenters. The predicted octanol–water partition coefficient (Wildman–Crippen LogP) is -0.0137. The lowest BCUT2D eigenvalue weighted by Crippen LogP contribution is -2.45. The molecule has 18 heavy (non-hydrogen) atoms. The lowest BCUT2D eigenvalue weighted by Gasteiger charge is -2.32. The van der Waals surface area contributed by atoms with E-state index >= 15 is 0 Å². The molecule has 1 aromatic rings. The van der Waals surface area contributed by atoms with Gasteiger partial charge >= 0.3 is 0 Å². The second-order valence-corrected chi connectivity index (χ2v) is 5.12. The summed E-state index contributed by atoms with van der Waals surface area (Å²) in [5.41, 5.74) is 6.99. The van der Waals surface area contributed by atoms with Gasteiger partial charge in [-0.1, -0.05) is 0 Å². The largest absolute Gasteiger partial charge is 0.394 e. The maximum atomic E-state index is 11.9. The van der Waals surface area contributed by atoms with Crippen LogP contribution in [0.1, 0.15) is 5.56 Å². The molecule has 2 rings (SSSR count). The van der Waals surface area contributed by atoms with Crippen LogP contribution in [0.25, 0.3) is 0 Å². The Kier molecular flexibility index (Phi) is 4.04. The van der Waals surface area contributed by atoms with Crippen LogP contribution in [0.4, 0.5) is 5.69 Å². The van der Waals surface area contributed by atoms with E-state index in [0.29, 0.717) is 12.2 Å². The molecule has 0 amide bonds. The first-order valence-electron chi connectivity index (χ1n) is 6.44. The predicted molar refractivity (Wildman–Crippen MR) is 73.8 cm³/mol. The third kappa shape index (κ3) is 3.11. The molecule has 0 spiro atoms. The van der Waals surface area contributed by atoms with Crippen LogP contribution in [-0.4, -0.2) is 54.1 Å². The second-order valence-electron chi connectivity index (χ2n) is 5.12. The van der Waals surface area contributed by atoms with Gasteiger partial charge in [0, 0.05) is 45.5 Å². The van der Waals surface area contributed by atoms with Gasteiger partial charge in [0.15, 0.2) is 0 Å². The number of aromatic nitrogens is 1. The normalized spacial score (nSPS) is 18.1. The monoisotopic (exact) mass is 250 g/mol. The first-order chi connectivity index (χ1) is 8.56. The van der Waals surface area contributed by atoms with Crippen molar-refractivity contribution in [3.05, 3.63) is 28.2 Å². The second kappa shape index (κ2) is 5.54. The number of hydrogen-bond donors (Lipinski definition) is 1. The van der Waals surface area contributed by atoms with Gasteiger partial charge in [-0.25, -0.2) is 0 Å². The van der Waals surface area contributed by atoms with Crippen LogP contribution in [0.15, 0.2) is 17.1 Å². The van der Waals surface area contributed by atoms with Crippen molar-refractivity contribution in [3.63, 3.8) is 0 Å². The fraction of sp³-hybridized carbons (Fsp3) is 0.615. The Morgan fingerprint density at radius 3 is 2.56 bits per heavy atom. The van der Waals surface area contributed by atoms with Crippen molar-refractivity contribution in [1.29, 1.82) is 0 Å². The number of pyridine rings is 1. The number of anilines is 1. The summed E-state index contributed by atoms with van der Waals surface area (Å²) < 4.78 is 1.73. The summed E-state index contributed by atoms with van der Waals surface area (Å²) in [5, 5.41) is 0. The van der Waals surface area contributed by atoms with Crippen LogP contribution in [0.3, 0.4) is 0 Å². The van der Waals surface area contributed by atoms with E-state index < -0.39 is 0 Å². The Hall–Kier alpha value is -1.33. The summed E-state index contributed by atoms with van der Waals surface area (Å²) in [7, 11) is 2.14. The highest BCUT2D eigenvalue weighted by Gasteiger charge is 2.13. The maximum Gasteiger partial charge on any atom is 0.273 e. The zero-order chi connectivity index (χ0) is 13.1. The molecular weight excluding hydrogens is 228 g/mol. The topological polar surface area (TPSA) is 54.5 Å². The fourth-order valence-corrected chi connectivity index (χ4v) is 2.30. The van der Waals surface area contributed by atoms with Crippen LogP contribution < -0.4 is 11.3 Å². The molecule has 5 heteroatoms. The van der Waals surface area contributed by atoms with Gasteiger partial charge in [0.1, 0.15) is 0 Å². The van der Waals surface area contributed by atoms with Crippen molar-refractivity contribution >= 4 is 5.69 Å². The molecule has 0 bridgehead atoms. The van der Waals surface area contributed by atoms with Crippen LogP contribution >= 0.6 is 0 Å². The molecule has 1 saturated heterocycles. The molecular formula is C13H22N4O. The van der Waals surface area contributed by atoms with Crippen LogP contribution in [0.2, 0.25) is 0 Å². The molecule has 5 nitrogen and oxygen atoms in total. The van der Waals surface area contributed by atoms with E-state index in [1.54, 1.807) is 10.6 Å². The quantitative estimate of drug-likeness (QED) is 0.819. The van der Waals surface area contributed by atoms with E-state index in [4.69, 9.17) is 5.73 Å². The summed E-state index contributed by atoms with van der Waals surface area (Å²) in [5.74, 6) is 0. The number of nitrogens with zero attached hydrogens (tertiary/aromatic N) is 3. The first kappa shape index (κ1) is 13.1. The van der Waals surface area contributed by atoms with E-state index in [-0.39, 0.29) is 5.56 Å². The molecule has 1 aliphatic rings. The highest BCUT2D eigenvalue weighted by Crippen LogP contribution is 2.02. The van der Waals surface area contributed by atoms with Crippen molar-refractivity contribution in [3.8, 4) is 0 Å². The van der Waals surface area contributed by atoms with E-state index in [9.17, 15) is 4.79 Å². The summed E-state index contributed by atoms with van der Waals surface area (Å²) in [6.07, 6.45) is 1.88. The Morgan fingerprint density at radius 2 is 1.89 bits per heavy atom. The Labute approximate surface area is 108 Å². The molecule has 1 fully saturated rings. The summed E-state index contributed by atoms with van der Waals surface area (Å²) >= 11 is 0. The van der Waals surface area contributed by atoms with Crippen molar-refractivity contribution in [1.82, 2.24) is 14.4 Å². The van der Waals surface area contributed by atoms with Crippen LogP contribution in [0, 0.1) is 6.92 Å². The number of likely N-dealkylation sites (N-methyl/N-ethyl adjacent to an activating group) is 1. The zero-order valence-corrected chi connectivity index (χ0v) is 11.2. The molecule has 0 radical (unpaired) electrons. The highest BCUT2D eigenvalue weighted by molar-refractivity contribution is 5.37. The third-order valence-electron chi connectivity index (χ3n) is 3.50. The first-order valence-corrected chi connectivity index (χ1v) is 6.44. The molecule has 1 aliphatic heterocycles. The number of hydrogen-bond acceptors (Lipinski definition) is 4. The fourth-order valence-electron chi connectivity index (χ4n) is 2.30. The lowest BCUT2D eigenvalue weighted by molar-refractivity contribution is 0.149. The molecule has 2 N–H and O–H groups in total. The zero-order valence-electron chi connectivity index (χ0n) is 11.2. The molecule has 1 aromatic heterocycles.